The number of hydrogen-bond donors (Lipinski definition) is 2. The summed E-state index contributed by atoms with van der Waals surface area (Å²) >= 11 is 1.93. The van der Waals surface area contributed by atoms with Gasteiger partial charge < -0.3 is 11.1 Å². The van der Waals surface area contributed by atoms with Crippen molar-refractivity contribution in [2.45, 2.75) is 42.7 Å². The molecule has 1 aliphatic rings. The van der Waals surface area contributed by atoms with E-state index in [2.05, 4.69) is 36.5 Å². The molecule has 1 saturated carbocycles. The van der Waals surface area contributed by atoms with Crippen molar-refractivity contribution >= 4 is 17.7 Å². The average molecular weight is 278 g/mol. The first kappa shape index (κ1) is 14.4. The third kappa shape index (κ3) is 3.31. The number of rotatable bonds is 5. The third-order valence-corrected chi connectivity index (χ3v) is 5.36. The van der Waals surface area contributed by atoms with E-state index in [1.165, 1.54) is 11.1 Å². The largest absolute Gasteiger partial charge is 0.368 e. The predicted molar refractivity (Wildman–Crippen MR) is 81.1 cm³/mol. The van der Waals surface area contributed by atoms with Gasteiger partial charge in [-0.2, -0.15) is 11.8 Å². The van der Waals surface area contributed by atoms with Gasteiger partial charge in [0.1, 0.15) is 0 Å². The molecule has 2 unspecified atom stereocenters. The first-order chi connectivity index (χ1) is 9.05. The SMILES string of the molecule is CNC1(C(N)=O)CCC(SCc2cccc(C)c2)C1. The van der Waals surface area contributed by atoms with E-state index < -0.39 is 5.54 Å². The molecule has 0 saturated heterocycles. The second kappa shape index (κ2) is 5.97. The highest BCUT2D eigenvalue weighted by molar-refractivity contribution is 7.99. The van der Waals surface area contributed by atoms with Gasteiger partial charge in [0, 0.05) is 11.0 Å². The van der Waals surface area contributed by atoms with Crippen LogP contribution in [0.25, 0.3) is 0 Å². The third-order valence-electron chi connectivity index (χ3n) is 3.99. The van der Waals surface area contributed by atoms with Crippen molar-refractivity contribution in [1.29, 1.82) is 0 Å². The predicted octanol–water partition coefficient (Wildman–Crippen LogP) is 2.22. The smallest absolute Gasteiger partial charge is 0.237 e. The Labute approximate surface area is 119 Å². The van der Waals surface area contributed by atoms with Crippen LogP contribution < -0.4 is 11.1 Å². The second-order valence-corrected chi connectivity index (χ2v) is 6.65. The van der Waals surface area contributed by atoms with E-state index in [-0.39, 0.29) is 5.91 Å². The first-order valence-electron chi connectivity index (χ1n) is 6.72. The summed E-state index contributed by atoms with van der Waals surface area (Å²) in [7, 11) is 1.83. The van der Waals surface area contributed by atoms with Crippen LogP contribution in [0.2, 0.25) is 0 Å². The van der Waals surface area contributed by atoms with Crippen LogP contribution in [-0.2, 0) is 10.5 Å². The molecule has 3 nitrogen and oxygen atoms in total. The fourth-order valence-corrected chi connectivity index (χ4v) is 4.03. The second-order valence-electron chi connectivity index (χ2n) is 5.36. The van der Waals surface area contributed by atoms with Gasteiger partial charge in [0.2, 0.25) is 5.91 Å². The molecule has 1 fully saturated rings. The van der Waals surface area contributed by atoms with Gasteiger partial charge in [-0.1, -0.05) is 29.8 Å². The van der Waals surface area contributed by atoms with E-state index in [1.807, 2.05) is 18.8 Å². The molecule has 0 aromatic heterocycles. The number of aryl methyl sites for hydroxylation is 1. The van der Waals surface area contributed by atoms with Gasteiger partial charge in [0.15, 0.2) is 0 Å². The van der Waals surface area contributed by atoms with Crippen LogP contribution in [0.1, 0.15) is 30.4 Å². The standard InChI is InChI=1S/C15H22N2OS/c1-11-4-3-5-12(8-11)10-19-13-6-7-15(9-13,17-2)14(16)18/h3-5,8,13,17H,6-7,9-10H2,1-2H3,(H2,16,18). The molecule has 0 radical (unpaired) electrons. The maximum Gasteiger partial charge on any atom is 0.237 e. The lowest BCUT2D eigenvalue weighted by Gasteiger charge is -2.24. The van der Waals surface area contributed by atoms with Crippen LogP contribution in [0.4, 0.5) is 0 Å². The summed E-state index contributed by atoms with van der Waals surface area (Å²) < 4.78 is 0. The van der Waals surface area contributed by atoms with Gasteiger partial charge in [-0.3, -0.25) is 4.79 Å². The van der Waals surface area contributed by atoms with Crippen molar-refractivity contribution in [3.05, 3.63) is 35.4 Å². The number of thioether (sulfide) groups is 1. The number of benzene rings is 1. The Kier molecular flexibility index (Phi) is 4.53. The fraction of sp³-hybridized carbons (Fsp3) is 0.533. The number of amides is 1. The van der Waals surface area contributed by atoms with Gasteiger partial charge in [0.25, 0.3) is 0 Å². The molecule has 1 aliphatic carbocycles. The van der Waals surface area contributed by atoms with Crippen molar-refractivity contribution in [2.24, 2.45) is 5.73 Å². The molecule has 1 aromatic rings. The minimum atomic E-state index is -0.482. The summed E-state index contributed by atoms with van der Waals surface area (Å²) in [6.07, 6.45) is 2.75. The van der Waals surface area contributed by atoms with Crippen molar-refractivity contribution in [2.75, 3.05) is 7.05 Å². The minimum Gasteiger partial charge on any atom is -0.368 e. The zero-order chi connectivity index (χ0) is 13.9. The Morgan fingerprint density at radius 2 is 2.37 bits per heavy atom. The lowest BCUT2D eigenvalue weighted by atomic mass is 9.97. The maximum atomic E-state index is 11.6. The molecule has 2 rings (SSSR count). The summed E-state index contributed by atoms with van der Waals surface area (Å²) in [5.74, 6) is 0.791. The minimum absolute atomic E-state index is 0.214. The maximum absolute atomic E-state index is 11.6. The Bertz CT molecular complexity index is 463. The average Bonchev–Trinajstić information content (AvgIpc) is 2.81. The summed E-state index contributed by atoms with van der Waals surface area (Å²) in [5, 5.41) is 3.64. The van der Waals surface area contributed by atoms with E-state index in [0.717, 1.165) is 25.0 Å². The number of carbonyl (C=O) groups excluding carboxylic acids is 1. The Morgan fingerprint density at radius 1 is 1.58 bits per heavy atom. The molecule has 1 aromatic carbocycles. The summed E-state index contributed by atoms with van der Waals surface area (Å²) in [4.78, 5) is 11.6. The molecule has 0 bridgehead atoms. The van der Waals surface area contributed by atoms with E-state index in [0.29, 0.717) is 5.25 Å². The molecule has 104 valence electrons. The molecular formula is C15H22N2OS. The highest BCUT2D eigenvalue weighted by Crippen LogP contribution is 2.38. The summed E-state index contributed by atoms with van der Waals surface area (Å²) in [6.45, 7) is 2.11. The van der Waals surface area contributed by atoms with Gasteiger partial charge in [-0.05, 0) is 38.8 Å². The Balaban J connectivity index is 1.90. The molecule has 19 heavy (non-hydrogen) atoms. The summed E-state index contributed by atoms with van der Waals surface area (Å²) in [6, 6.07) is 8.60. The van der Waals surface area contributed by atoms with Crippen LogP contribution in [0.5, 0.6) is 0 Å². The molecule has 2 atom stereocenters. The van der Waals surface area contributed by atoms with Gasteiger partial charge in [-0.25, -0.2) is 0 Å². The molecule has 0 spiro atoms. The van der Waals surface area contributed by atoms with E-state index in [1.54, 1.807) is 0 Å². The molecule has 0 aliphatic heterocycles. The van der Waals surface area contributed by atoms with Crippen LogP contribution in [-0.4, -0.2) is 23.7 Å². The molecule has 4 heteroatoms. The summed E-state index contributed by atoms with van der Waals surface area (Å²) in [5.41, 5.74) is 7.69. The number of likely N-dealkylation sites (N-methyl/N-ethyl adjacent to an activating group) is 1. The van der Waals surface area contributed by atoms with Gasteiger partial charge in [0.05, 0.1) is 5.54 Å². The molecular weight excluding hydrogens is 256 g/mol. The fourth-order valence-electron chi connectivity index (χ4n) is 2.73. The van der Waals surface area contributed by atoms with Crippen LogP contribution in [0.15, 0.2) is 24.3 Å². The number of nitrogens with one attached hydrogen (secondary N) is 1. The number of nitrogens with two attached hydrogens (primary N) is 1. The van der Waals surface area contributed by atoms with E-state index in [4.69, 9.17) is 5.73 Å². The highest BCUT2D eigenvalue weighted by atomic mass is 32.2. The van der Waals surface area contributed by atoms with Gasteiger partial charge >= 0.3 is 0 Å². The Hall–Kier alpha value is -1.00. The zero-order valence-electron chi connectivity index (χ0n) is 11.6. The molecule has 1 amide bonds. The lowest BCUT2D eigenvalue weighted by molar-refractivity contribution is -0.124. The Morgan fingerprint density at radius 3 is 2.95 bits per heavy atom. The first-order valence-corrected chi connectivity index (χ1v) is 7.76. The number of hydrogen-bond acceptors (Lipinski definition) is 3. The van der Waals surface area contributed by atoms with Crippen molar-refractivity contribution in [3.63, 3.8) is 0 Å². The number of carbonyl (C=O) groups is 1. The van der Waals surface area contributed by atoms with Crippen molar-refractivity contribution in [1.82, 2.24) is 5.32 Å². The zero-order valence-corrected chi connectivity index (χ0v) is 12.4. The van der Waals surface area contributed by atoms with Crippen molar-refractivity contribution < 1.29 is 4.79 Å². The quantitative estimate of drug-likeness (QED) is 0.868. The van der Waals surface area contributed by atoms with E-state index >= 15 is 0 Å². The monoisotopic (exact) mass is 278 g/mol. The molecule has 3 N–H and O–H groups in total. The van der Waals surface area contributed by atoms with Crippen LogP contribution in [0, 0.1) is 6.92 Å². The van der Waals surface area contributed by atoms with Gasteiger partial charge in [-0.15, -0.1) is 0 Å². The van der Waals surface area contributed by atoms with Crippen LogP contribution in [0.3, 0.4) is 0 Å². The van der Waals surface area contributed by atoms with Crippen LogP contribution >= 0.6 is 11.8 Å². The van der Waals surface area contributed by atoms with Crippen molar-refractivity contribution in [3.8, 4) is 0 Å². The highest BCUT2D eigenvalue weighted by Gasteiger charge is 2.42. The normalized spacial score (nSPS) is 26.5. The topological polar surface area (TPSA) is 55.1 Å². The molecule has 0 heterocycles. The lowest BCUT2D eigenvalue weighted by Crippen LogP contribution is -2.52. The number of primary amides is 1. The van der Waals surface area contributed by atoms with E-state index in [9.17, 15) is 4.79 Å².